The van der Waals surface area contributed by atoms with Crippen LogP contribution in [-0.4, -0.2) is 60.9 Å². The summed E-state index contributed by atoms with van der Waals surface area (Å²) in [6.07, 6.45) is -6.38. The van der Waals surface area contributed by atoms with Crippen LogP contribution in [0.4, 0.5) is 0 Å². The van der Waals surface area contributed by atoms with Crippen molar-refractivity contribution in [2.45, 2.75) is 59.0 Å². The number of esters is 5. The minimum absolute atomic E-state index is 0.567. The number of nitriles is 1. The first-order chi connectivity index (χ1) is 12.5. The molecule has 0 aromatic carbocycles. The van der Waals surface area contributed by atoms with Crippen molar-refractivity contribution >= 4 is 29.8 Å². The van der Waals surface area contributed by atoms with Gasteiger partial charge in [0.05, 0.1) is 0 Å². The molecule has 27 heavy (non-hydrogen) atoms. The van der Waals surface area contributed by atoms with E-state index in [1.807, 2.05) is 0 Å². The largest absolute Gasteiger partial charge is 0.462 e. The van der Waals surface area contributed by atoms with Gasteiger partial charge in [0.25, 0.3) is 0 Å². The zero-order valence-corrected chi connectivity index (χ0v) is 15.5. The first kappa shape index (κ1) is 23.8. The number of carbonyl (C=O) groups is 5. The van der Waals surface area contributed by atoms with Crippen LogP contribution in [0.2, 0.25) is 0 Å². The van der Waals surface area contributed by atoms with E-state index in [1.54, 1.807) is 6.07 Å². The molecule has 0 aliphatic carbocycles. The Morgan fingerprint density at radius 1 is 0.704 bits per heavy atom. The Balaban J connectivity index is 6.01. The first-order valence-corrected chi connectivity index (χ1v) is 7.69. The molecule has 0 N–H and O–H groups in total. The second-order valence-electron chi connectivity index (χ2n) is 5.26. The third-order valence-electron chi connectivity index (χ3n) is 2.78. The van der Waals surface area contributed by atoms with E-state index in [4.69, 9.17) is 23.7 Å². The highest BCUT2D eigenvalue weighted by atomic mass is 16.6. The summed E-state index contributed by atoms with van der Waals surface area (Å²) >= 11 is 0. The monoisotopic (exact) mass is 387 g/mol. The molecule has 4 atom stereocenters. The molecule has 0 aliphatic heterocycles. The normalized spacial score (nSPS) is 14.4. The summed E-state index contributed by atoms with van der Waals surface area (Å²) < 4.78 is 24.6. The van der Waals surface area contributed by atoms with E-state index in [0.29, 0.717) is 0 Å². The number of nitrogens with zero attached hydrogens (tertiary/aromatic N) is 1. The van der Waals surface area contributed by atoms with Crippen LogP contribution in [0.1, 0.15) is 34.6 Å². The maximum Gasteiger partial charge on any atom is 0.304 e. The van der Waals surface area contributed by atoms with Gasteiger partial charge in [-0.05, 0) is 0 Å². The molecular formula is C16H21NO10. The predicted molar refractivity (Wildman–Crippen MR) is 84.5 cm³/mol. The Kier molecular flexibility index (Phi) is 10.1. The summed E-state index contributed by atoms with van der Waals surface area (Å²) in [5.74, 6) is -4.19. The number of hydrogen-bond acceptors (Lipinski definition) is 11. The lowest BCUT2D eigenvalue weighted by Gasteiger charge is -2.33. The van der Waals surface area contributed by atoms with Crippen molar-refractivity contribution in [1.82, 2.24) is 0 Å². The second kappa shape index (κ2) is 11.5. The van der Waals surface area contributed by atoms with Gasteiger partial charge < -0.3 is 23.7 Å². The van der Waals surface area contributed by atoms with Gasteiger partial charge in [0.2, 0.25) is 6.10 Å². The lowest BCUT2D eigenvalue weighted by atomic mass is 10.0. The van der Waals surface area contributed by atoms with Crippen molar-refractivity contribution in [1.29, 1.82) is 5.26 Å². The quantitative estimate of drug-likeness (QED) is 0.381. The third-order valence-corrected chi connectivity index (χ3v) is 2.78. The molecule has 0 aliphatic rings. The van der Waals surface area contributed by atoms with Gasteiger partial charge in [-0.3, -0.25) is 24.0 Å². The molecule has 0 aromatic heterocycles. The minimum Gasteiger partial charge on any atom is -0.462 e. The summed E-state index contributed by atoms with van der Waals surface area (Å²) in [4.78, 5) is 56.7. The molecule has 0 saturated carbocycles. The van der Waals surface area contributed by atoms with E-state index < -0.39 is 60.9 Å². The smallest absolute Gasteiger partial charge is 0.304 e. The molecule has 0 unspecified atom stereocenters. The van der Waals surface area contributed by atoms with Gasteiger partial charge in [-0.15, -0.1) is 0 Å². The van der Waals surface area contributed by atoms with Crippen molar-refractivity contribution in [3.05, 3.63) is 0 Å². The average molecular weight is 387 g/mol. The van der Waals surface area contributed by atoms with E-state index in [-0.39, 0.29) is 0 Å². The standard InChI is InChI=1S/C16H21NO10/c1-8(18)23-7-14(25-10(3)20)16(27-12(5)22)15(26-11(4)21)13(6-17)24-9(2)19/h13-16H,7H2,1-5H3/t13-,14+,15+,16-/m0/s1. The van der Waals surface area contributed by atoms with Crippen molar-refractivity contribution in [2.75, 3.05) is 6.61 Å². The molecule has 0 bridgehead atoms. The fourth-order valence-electron chi connectivity index (χ4n) is 1.99. The molecule has 0 rings (SSSR count). The highest BCUT2D eigenvalue weighted by Crippen LogP contribution is 2.19. The Hall–Kier alpha value is -3.16. The van der Waals surface area contributed by atoms with E-state index in [0.717, 1.165) is 34.6 Å². The summed E-state index contributed by atoms with van der Waals surface area (Å²) in [6, 6.07) is 1.61. The molecule has 0 heterocycles. The van der Waals surface area contributed by atoms with Crippen LogP contribution < -0.4 is 0 Å². The average Bonchev–Trinajstić information content (AvgIpc) is 2.51. The van der Waals surface area contributed by atoms with Crippen molar-refractivity contribution in [2.24, 2.45) is 0 Å². The number of hydrogen-bond donors (Lipinski definition) is 0. The number of rotatable bonds is 9. The molecule has 0 amide bonds. The Morgan fingerprint density at radius 3 is 1.52 bits per heavy atom. The molecule has 150 valence electrons. The van der Waals surface area contributed by atoms with E-state index in [9.17, 15) is 29.2 Å². The molecular weight excluding hydrogens is 366 g/mol. The van der Waals surface area contributed by atoms with Crippen LogP contribution in [0.3, 0.4) is 0 Å². The SMILES string of the molecule is CC(=O)OC[C@@H](OC(C)=O)[C@H](OC(C)=O)[C@H](OC(C)=O)[C@H](C#N)OC(C)=O. The van der Waals surface area contributed by atoms with Crippen LogP contribution >= 0.6 is 0 Å². The third kappa shape index (κ3) is 9.78. The number of ether oxygens (including phenoxy) is 5. The fraction of sp³-hybridized carbons (Fsp3) is 0.625. The van der Waals surface area contributed by atoms with Gasteiger partial charge in [-0.2, -0.15) is 5.26 Å². The fourth-order valence-corrected chi connectivity index (χ4v) is 1.99. The van der Waals surface area contributed by atoms with E-state index in [1.165, 1.54) is 0 Å². The zero-order valence-electron chi connectivity index (χ0n) is 15.5. The Morgan fingerprint density at radius 2 is 1.15 bits per heavy atom. The van der Waals surface area contributed by atoms with Crippen LogP contribution in [0, 0.1) is 11.3 Å². The molecule has 0 spiro atoms. The predicted octanol–water partition coefficient (Wildman–Crippen LogP) is -0.200. The van der Waals surface area contributed by atoms with Gasteiger partial charge in [0, 0.05) is 34.6 Å². The lowest BCUT2D eigenvalue weighted by molar-refractivity contribution is -0.198. The van der Waals surface area contributed by atoms with Crippen LogP contribution in [0.15, 0.2) is 0 Å². The van der Waals surface area contributed by atoms with Gasteiger partial charge in [-0.25, -0.2) is 0 Å². The molecule has 11 nitrogen and oxygen atoms in total. The van der Waals surface area contributed by atoms with Crippen molar-refractivity contribution < 1.29 is 47.7 Å². The van der Waals surface area contributed by atoms with Crippen molar-refractivity contribution in [3.8, 4) is 6.07 Å². The van der Waals surface area contributed by atoms with Gasteiger partial charge in [0.1, 0.15) is 12.7 Å². The summed E-state index contributed by atoms with van der Waals surface area (Å²) in [6.45, 7) is 4.60. The topological polar surface area (TPSA) is 155 Å². The molecule has 0 fully saturated rings. The molecule has 0 aromatic rings. The summed E-state index contributed by atoms with van der Waals surface area (Å²) in [5.41, 5.74) is 0. The van der Waals surface area contributed by atoms with E-state index >= 15 is 0 Å². The van der Waals surface area contributed by atoms with Gasteiger partial charge in [0.15, 0.2) is 18.3 Å². The molecule has 0 saturated heterocycles. The summed E-state index contributed by atoms with van der Waals surface area (Å²) in [7, 11) is 0. The maximum absolute atomic E-state index is 11.5. The van der Waals surface area contributed by atoms with Gasteiger partial charge >= 0.3 is 29.8 Å². The van der Waals surface area contributed by atoms with Crippen LogP contribution in [0.5, 0.6) is 0 Å². The Labute approximate surface area is 155 Å². The number of carbonyl (C=O) groups excluding carboxylic acids is 5. The highest BCUT2D eigenvalue weighted by molar-refractivity contribution is 5.69. The second-order valence-corrected chi connectivity index (χ2v) is 5.26. The minimum atomic E-state index is -1.69. The first-order valence-electron chi connectivity index (χ1n) is 7.69. The summed E-state index contributed by atoms with van der Waals surface area (Å²) in [5, 5.41) is 9.27. The van der Waals surface area contributed by atoms with Crippen LogP contribution in [-0.2, 0) is 47.7 Å². The molecule has 0 radical (unpaired) electrons. The van der Waals surface area contributed by atoms with E-state index in [2.05, 4.69) is 0 Å². The van der Waals surface area contributed by atoms with Crippen LogP contribution in [0.25, 0.3) is 0 Å². The highest BCUT2D eigenvalue weighted by Gasteiger charge is 2.44. The maximum atomic E-state index is 11.5. The van der Waals surface area contributed by atoms with Gasteiger partial charge in [-0.1, -0.05) is 0 Å². The lowest BCUT2D eigenvalue weighted by Crippen LogP contribution is -2.52. The molecule has 11 heteroatoms. The zero-order chi connectivity index (χ0) is 21.1. The Bertz CT molecular complexity index is 623. The van der Waals surface area contributed by atoms with Crippen molar-refractivity contribution in [3.63, 3.8) is 0 Å².